The Balaban J connectivity index is 2.06. The van der Waals surface area contributed by atoms with E-state index in [1.54, 1.807) is 0 Å². The number of aliphatic hydroxyl groups excluding tert-OH is 2. The van der Waals surface area contributed by atoms with E-state index >= 15 is 0 Å². The Labute approximate surface area is 125 Å². The van der Waals surface area contributed by atoms with Gasteiger partial charge in [-0.2, -0.15) is 0 Å². The van der Waals surface area contributed by atoms with Gasteiger partial charge in [0.2, 0.25) is 12.1 Å². The number of hydrogen-bond donors (Lipinski definition) is 4. The first-order chi connectivity index (χ1) is 10.0. The third-order valence-corrected chi connectivity index (χ3v) is 5.26. The normalized spacial score (nSPS) is 32.9. The Kier molecular flexibility index (Phi) is 3.58. The molecular weight excluding hydrogens is 292 g/mol. The van der Waals surface area contributed by atoms with Gasteiger partial charge in [0.15, 0.2) is 5.52 Å². The summed E-state index contributed by atoms with van der Waals surface area (Å²) in [4.78, 5) is 7.15. The van der Waals surface area contributed by atoms with Crippen molar-refractivity contribution in [1.29, 1.82) is 0 Å². The number of aliphatic hydroxyl groups is 2. The second kappa shape index (κ2) is 5.15. The molecule has 0 amide bonds. The third-order valence-electron chi connectivity index (χ3n) is 4.24. The number of H-pyrrole nitrogens is 1. The maximum atomic E-state index is 10.3. The molecule has 0 bridgehead atoms. The summed E-state index contributed by atoms with van der Waals surface area (Å²) in [6.07, 6.45) is 0.541. The van der Waals surface area contributed by atoms with Gasteiger partial charge in [0.25, 0.3) is 0 Å². The summed E-state index contributed by atoms with van der Waals surface area (Å²) < 4.78 is 6.78. The molecule has 7 N–H and O–H groups in total. The molecule has 8 heteroatoms. The maximum absolute atomic E-state index is 10.3. The van der Waals surface area contributed by atoms with Gasteiger partial charge in [-0.05, 0) is 6.42 Å². The number of hydrogen-bond acceptors (Lipinski definition) is 7. The molecule has 2 aromatic rings. The fourth-order valence-corrected chi connectivity index (χ4v) is 3.81. The minimum Gasteiger partial charge on any atom is -0.393 e. The number of aromatic amines is 1. The van der Waals surface area contributed by atoms with Crippen molar-refractivity contribution < 1.29 is 19.9 Å². The molecule has 0 unspecified atom stereocenters. The van der Waals surface area contributed by atoms with Gasteiger partial charge in [0.1, 0.15) is 22.5 Å². The lowest BCUT2D eigenvalue weighted by Gasteiger charge is -2.28. The van der Waals surface area contributed by atoms with Crippen LogP contribution in [0.2, 0.25) is 0 Å². The summed E-state index contributed by atoms with van der Waals surface area (Å²) >= 11 is 1.45. The lowest BCUT2D eigenvalue weighted by molar-refractivity contribution is -0.363. The van der Waals surface area contributed by atoms with E-state index in [9.17, 15) is 10.2 Å². The molecule has 3 heterocycles. The van der Waals surface area contributed by atoms with Gasteiger partial charge < -0.3 is 26.4 Å². The van der Waals surface area contributed by atoms with Crippen LogP contribution in [0.1, 0.15) is 25.0 Å². The first-order valence-electron chi connectivity index (χ1n) is 6.79. The number of nitrogen functional groups attached to an aromatic ring is 1. The Morgan fingerprint density at radius 3 is 2.95 bits per heavy atom. The minimum atomic E-state index is -1.02. The third kappa shape index (κ3) is 2.02. The number of nitrogens with two attached hydrogens (primary N) is 2. The Morgan fingerprint density at radius 2 is 2.33 bits per heavy atom. The first-order valence-corrected chi connectivity index (χ1v) is 7.67. The van der Waals surface area contributed by atoms with E-state index in [0.717, 1.165) is 10.3 Å². The monoisotopic (exact) mass is 311 g/mol. The van der Waals surface area contributed by atoms with Gasteiger partial charge in [-0.15, -0.1) is 16.3 Å². The molecule has 1 aliphatic heterocycles. The molecule has 1 fully saturated rings. The predicted octanol–water partition coefficient (Wildman–Crippen LogP) is -0.407. The SMILES string of the molecule is CC[C@]1(CO)O[C@@H](c2csc3c(N)[nH+]cnc23)[C@H](N)[C@@H]1O. The number of rotatable bonds is 3. The zero-order valence-corrected chi connectivity index (χ0v) is 12.4. The predicted molar refractivity (Wildman–Crippen MR) is 78.5 cm³/mol. The molecule has 21 heavy (non-hydrogen) atoms. The largest absolute Gasteiger partial charge is 0.393 e. The molecule has 0 saturated carbocycles. The van der Waals surface area contributed by atoms with E-state index in [-0.39, 0.29) is 6.61 Å². The number of anilines is 1. The summed E-state index contributed by atoms with van der Waals surface area (Å²) in [5.74, 6) is 0.535. The van der Waals surface area contributed by atoms with Gasteiger partial charge in [-0.25, -0.2) is 4.98 Å². The highest BCUT2D eigenvalue weighted by molar-refractivity contribution is 7.17. The lowest BCUT2D eigenvalue weighted by Crippen LogP contribution is -2.48. The summed E-state index contributed by atoms with van der Waals surface area (Å²) in [5, 5.41) is 21.8. The number of nitrogens with one attached hydrogen (secondary N) is 1. The van der Waals surface area contributed by atoms with Crippen molar-refractivity contribution >= 4 is 27.4 Å². The van der Waals surface area contributed by atoms with Crippen LogP contribution in [0, 0.1) is 0 Å². The number of ether oxygens (including phenoxy) is 1. The zero-order valence-electron chi connectivity index (χ0n) is 11.6. The van der Waals surface area contributed by atoms with E-state index in [1.165, 1.54) is 17.7 Å². The molecule has 0 radical (unpaired) electrons. The molecule has 114 valence electrons. The van der Waals surface area contributed by atoms with Gasteiger partial charge in [-0.1, -0.05) is 6.92 Å². The number of nitrogens with zero attached hydrogens (tertiary/aromatic N) is 1. The van der Waals surface area contributed by atoms with Crippen LogP contribution in [0.5, 0.6) is 0 Å². The van der Waals surface area contributed by atoms with Crippen molar-refractivity contribution in [2.24, 2.45) is 5.73 Å². The van der Waals surface area contributed by atoms with Crippen LogP contribution >= 0.6 is 11.3 Å². The molecule has 1 saturated heterocycles. The van der Waals surface area contributed by atoms with Crippen LogP contribution in [-0.2, 0) is 4.74 Å². The topological polar surface area (TPSA) is 129 Å². The second-order valence-corrected chi connectivity index (χ2v) is 6.20. The van der Waals surface area contributed by atoms with E-state index in [4.69, 9.17) is 16.2 Å². The highest BCUT2D eigenvalue weighted by atomic mass is 32.1. The van der Waals surface area contributed by atoms with Crippen molar-refractivity contribution in [2.45, 2.75) is 37.2 Å². The van der Waals surface area contributed by atoms with Crippen LogP contribution in [-0.4, -0.2) is 39.6 Å². The smallest absolute Gasteiger partial charge is 0.237 e. The van der Waals surface area contributed by atoms with Crippen molar-refractivity contribution in [3.8, 4) is 0 Å². The van der Waals surface area contributed by atoms with E-state index in [1.807, 2.05) is 12.3 Å². The molecular formula is C13H19N4O3S+. The fraction of sp³-hybridized carbons (Fsp3) is 0.538. The minimum absolute atomic E-state index is 0.277. The molecule has 1 aliphatic rings. The average Bonchev–Trinajstić information content (AvgIpc) is 3.02. The standard InChI is InChI=1S/C13H18N4O3S/c1-2-13(4-18)11(19)7(14)9(20-13)6-3-21-10-8(6)16-5-17-12(10)15/h3,5,7,9,11,18-19H,2,4,14H2,1H3,(H2,15,16,17)/p+1/t7-,9-,11-,13+/m0/s1. The average molecular weight is 311 g/mol. The molecule has 4 atom stereocenters. The Hall–Kier alpha value is -1.32. The Morgan fingerprint density at radius 1 is 1.57 bits per heavy atom. The van der Waals surface area contributed by atoms with Gasteiger partial charge in [0, 0.05) is 10.9 Å². The van der Waals surface area contributed by atoms with E-state index in [0.29, 0.717) is 17.8 Å². The van der Waals surface area contributed by atoms with Crippen molar-refractivity contribution in [3.63, 3.8) is 0 Å². The Bertz CT molecular complexity index is 658. The highest BCUT2D eigenvalue weighted by Crippen LogP contribution is 2.44. The number of fused-ring (bicyclic) bond motifs is 1. The van der Waals surface area contributed by atoms with Gasteiger partial charge >= 0.3 is 0 Å². The lowest BCUT2D eigenvalue weighted by atomic mass is 9.91. The van der Waals surface area contributed by atoms with Crippen LogP contribution in [0.25, 0.3) is 10.2 Å². The van der Waals surface area contributed by atoms with Gasteiger partial charge in [-0.3, -0.25) is 0 Å². The van der Waals surface area contributed by atoms with Crippen LogP contribution in [0.4, 0.5) is 5.82 Å². The number of aromatic nitrogens is 2. The molecule has 2 aromatic heterocycles. The van der Waals surface area contributed by atoms with Crippen LogP contribution in [0.3, 0.4) is 0 Å². The second-order valence-electron chi connectivity index (χ2n) is 5.32. The molecule has 0 aromatic carbocycles. The highest BCUT2D eigenvalue weighted by Gasteiger charge is 2.53. The summed E-state index contributed by atoms with van der Waals surface area (Å²) in [7, 11) is 0. The molecule has 3 rings (SSSR count). The van der Waals surface area contributed by atoms with Crippen molar-refractivity contribution in [3.05, 3.63) is 17.3 Å². The summed E-state index contributed by atoms with van der Waals surface area (Å²) in [5.41, 5.74) is 12.5. The van der Waals surface area contributed by atoms with E-state index in [2.05, 4.69) is 9.97 Å². The first kappa shape index (κ1) is 14.6. The summed E-state index contributed by atoms with van der Waals surface area (Å²) in [6.45, 7) is 1.58. The molecule has 7 nitrogen and oxygen atoms in total. The number of thiophene rings is 1. The van der Waals surface area contributed by atoms with Crippen LogP contribution < -0.4 is 16.5 Å². The summed E-state index contributed by atoms with van der Waals surface area (Å²) in [6, 6.07) is -0.623. The quantitative estimate of drug-likeness (QED) is 0.610. The maximum Gasteiger partial charge on any atom is 0.237 e. The fourth-order valence-electron chi connectivity index (χ4n) is 2.85. The molecule has 0 aliphatic carbocycles. The van der Waals surface area contributed by atoms with Crippen LogP contribution in [0.15, 0.2) is 11.7 Å². The van der Waals surface area contributed by atoms with E-state index < -0.39 is 23.9 Å². The molecule has 0 spiro atoms. The van der Waals surface area contributed by atoms with Crippen molar-refractivity contribution in [2.75, 3.05) is 12.3 Å². The zero-order chi connectivity index (χ0) is 15.2. The van der Waals surface area contributed by atoms with Crippen molar-refractivity contribution in [1.82, 2.24) is 4.98 Å². The van der Waals surface area contributed by atoms with Gasteiger partial charge in [0.05, 0.1) is 12.6 Å².